The van der Waals surface area contributed by atoms with E-state index in [0.29, 0.717) is 18.5 Å². The Morgan fingerprint density at radius 3 is 2.21 bits per heavy atom. The third-order valence-corrected chi connectivity index (χ3v) is 5.16. The molecule has 0 spiro atoms. The molecule has 1 heterocycles. The Kier molecular flexibility index (Phi) is 6.09. The molecule has 2 amide bonds. The summed E-state index contributed by atoms with van der Waals surface area (Å²) in [5.41, 5.74) is 1.41. The number of hydrogen-bond donors (Lipinski definition) is 2. The summed E-state index contributed by atoms with van der Waals surface area (Å²) >= 11 is 0. The Morgan fingerprint density at radius 2 is 1.64 bits per heavy atom. The van der Waals surface area contributed by atoms with Gasteiger partial charge in [0.05, 0.1) is 5.92 Å². The van der Waals surface area contributed by atoms with Crippen molar-refractivity contribution in [1.82, 2.24) is 10.2 Å². The van der Waals surface area contributed by atoms with Gasteiger partial charge in [-0.25, -0.2) is 0 Å². The monoisotopic (exact) mass is 380 g/mol. The van der Waals surface area contributed by atoms with Crippen molar-refractivity contribution in [1.29, 1.82) is 0 Å². The van der Waals surface area contributed by atoms with Gasteiger partial charge in [-0.05, 0) is 23.6 Å². The van der Waals surface area contributed by atoms with Gasteiger partial charge in [-0.2, -0.15) is 0 Å². The van der Waals surface area contributed by atoms with Crippen molar-refractivity contribution in [2.45, 2.75) is 19.4 Å². The molecule has 1 saturated heterocycles. The number of rotatable bonds is 6. The molecule has 0 radical (unpaired) electrons. The van der Waals surface area contributed by atoms with Crippen molar-refractivity contribution in [3.05, 3.63) is 71.8 Å². The van der Waals surface area contributed by atoms with Gasteiger partial charge in [0.2, 0.25) is 5.91 Å². The molecule has 2 aromatic rings. The fraction of sp³-hybridized carbons (Fsp3) is 0.318. The lowest BCUT2D eigenvalue weighted by atomic mass is 9.99. The van der Waals surface area contributed by atoms with Crippen LogP contribution in [0.15, 0.2) is 60.7 Å². The Morgan fingerprint density at radius 1 is 1.04 bits per heavy atom. The van der Waals surface area contributed by atoms with Gasteiger partial charge in [0.15, 0.2) is 0 Å². The number of carboxylic acids is 1. The second kappa shape index (κ2) is 8.69. The highest BCUT2D eigenvalue weighted by Crippen LogP contribution is 2.24. The number of benzene rings is 2. The first kappa shape index (κ1) is 19.6. The average Bonchev–Trinajstić information content (AvgIpc) is 3.10. The van der Waals surface area contributed by atoms with E-state index >= 15 is 0 Å². The predicted molar refractivity (Wildman–Crippen MR) is 105 cm³/mol. The maximum Gasteiger partial charge on any atom is 0.308 e. The Bertz CT molecular complexity index is 838. The lowest BCUT2D eigenvalue weighted by Gasteiger charge is -2.24. The van der Waals surface area contributed by atoms with Crippen LogP contribution in [0.1, 0.15) is 22.8 Å². The van der Waals surface area contributed by atoms with Gasteiger partial charge < -0.3 is 15.3 Å². The van der Waals surface area contributed by atoms with E-state index in [1.807, 2.05) is 43.3 Å². The molecule has 6 nitrogen and oxygen atoms in total. The normalized spacial score (nSPS) is 19.8. The molecule has 6 heteroatoms. The number of nitrogens with zero attached hydrogens (tertiary/aromatic N) is 1. The van der Waals surface area contributed by atoms with Crippen LogP contribution in [0.4, 0.5) is 0 Å². The molecule has 1 fully saturated rings. The van der Waals surface area contributed by atoms with Crippen molar-refractivity contribution in [2.75, 3.05) is 13.1 Å². The highest BCUT2D eigenvalue weighted by Gasteiger charge is 2.39. The summed E-state index contributed by atoms with van der Waals surface area (Å²) in [5, 5.41) is 12.2. The number of carbonyl (C=O) groups is 3. The second-order valence-electron chi connectivity index (χ2n) is 7.25. The van der Waals surface area contributed by atoms with Crippen molar-refractivity contribution in [2.24, 2.45) is 11.8 Å². The smallest absolute Gasteiger partial charge is 0.308 e. The lowest BCUT2D eigenvalue weighted by molar-refractivity contribution is -0.142. The summed E-state index contributed by atoms with van der Waals surface area (Å²) in [6, 6.07) is 17.4. The topological polar surface area (TPSA) is 86.7 Å². The van der Waals surface area contributed by atoms with E-state index in [2.05, 4.69) is 5.32 Å². The Balaban J connectivity index is 1.78. The van der Waals surface area contributed by atoms with Gasteiger partial charge in [0, 0.05) is 25.1 Å². The van der Waals surface area contributed by atoms with Gasteiger partial charge in [-0.15, -0.1) is 0 Å². The van der Waals surface area contributed by atoms with Crippen LogP contribution in [0.3, 0.4) is 0 Å². The summed E-state index contributed by atoms with van der Waals surface area (Å²) in [5.74, 6) is -2.16. The number of carbonyl (C=O) groups excluding carboxylic acids is 2. The summed E-state index contributed by atoms with van der Waals surface area (Å²) in [6.45, 7) is 2.38. The Hall–Kier alpha value is -3.15. The highest BCUT2D eigenvalue weighted by atomic mass is 16.4. The van der Waals surface area contributed by atoms with Crippen molar-refractivity contribution >= 4 is 17.8 Å². The third kappa shape index (κ3) is 4.57. The molecular weight excluding hydrogens is 356 g/mol. The van der Waals surface area contributed by atoms with Crippen LogP contribution in [-0.4, -0.2) is 46.9 Å². The van der Waals surface area contributed by atoms with Crippen molar-refractivity contribution < 1.29 is 19.5 Å². The molecule has 1 unspecified atom stereocenters. The molecule has 1 aliphatic heterocycles. The quantitative estimate of drug-likeness (QED) is 0.804. The lowest BCUT2D eigenvalue weighted by Crippen LogP contribution is -2.49. The zero-order chi connectivity index (χ0) is 20.1. The summed E-state index contributed by atoms with van der Waals surface area (Å²) in [6.07, 6.45) is 0.348. The van der Waals surface area contributed by atoms with Crippen molar-refractivity contribution in [3.63, 3.8) is 0 Å². The first-order valence-electron chi connectivity index (χ1n) is 9.37. The van der Waals surface area contributed by atoms with Crippen LogP contribution in [0.25, 0.3) is 0 Å². The standard InChI is InChI=1S/C22H24N2O4/c1-15-13-24(14-18(15)22(27)28)21(26)19(12-16-8-4-2-5-9-16)23-20(25)17-10-6-3-7-11-17/h2-11,15,18-19H,12-14H2,1H3,(H,23,25)(H,27,28)/t15-,18-,19?/m1/s1. The van der Waals surface area contributed by atoms with Crippen LogP contribution in [-0.2, 0) is 16.0 Å². The fourth-order valence-corrected chi connectivity index (χ4v) is 3.57. The SMILES string of the molecule is C[C@@H]1CN(C(=O)C(Cc2ccccc2)NC(=O)c2ccccc2)C[C@H]1C(=O)O. The third-order valence-electron chi connectivity index (χ3n) is 5.16. The average molecular weight is 380 g/mol. The largest absolute Gasteiger partial charge is 0.481 e. The molecule has 28 heavy (non-hydrogen) atoms. The van der Waals surface area contributed by atoms with Gasteiger partial charge in [0.1, 0.15) is 6.04 Å². The number of hydrogen-bond acceptors (Lipinski definition) is 3. The minimum Gasteiger partial charge on any atom is -0.481 e. The summed E-state index contributed by atoms with van der Waals surface area (Å²) < 4.78 is 0. The van der Waals surface area contributed by atoms with Crippen LogP contribution in [0.2, 0.25) is 0 Å². The molecule has 1 aliphatic rings. The van der Waals surface area contributed by atoms with Crippen LogP contribution in [0, 0.1) is 11.8 Å². The molecule has 3 atom stereocenters. The Labute approximate surface area is 164 Å². The van der Waals surface area contributed by atoms with E-state index < -0.39 is 17.9 Å². The molecule has 0 saturated carbocycles. The highest BCUT2D eigenvalue weighted by molar-refractivity contribution is 5.97. The number of likely N-dealkylation sites (tertiary alicyclic amines) is 1. The number of carboxylic acid groups (broad SMARTS) is 1. The number of aliphatic carboxylic acids is 1. The van der Waals surface area contributed by atoms with Crippen molar-refractivity contribution in [3.8, 4) is 0 Å². The molecule has 0 bridgehead atoms. The molecule has 2 aromatic carbocycles. The number of nitrogens with one attached hydrogen (secondary N) is 1. The minimum atomic E-state index is -0.893. The molecular formula is C22H24N2O4. The summed E-state index contributed by atoms with van der Waals surface area (Å²) in [4.78, 5) is 38.7. The maximum absolute atomic E-state index is 13.1. The van der Waals surface area contributed by atoms with Crippen LogP contribution in [0.5, 0.6) is 0 Å². The van der Waals surface area contributed by atoms with E-state index in [1.54, 1.807) is 29.2 Å². The second-order valence-corrected chi connectivity index (χ2v) is 7.25. The van der Waals surface area contributed by atoms with E-state index in [9.17, 15) is 19.5 Å². The minimum absolute atomic E-state index is 0.122. The molecule has 0 aromatic heterocycles. The zero-order valence-electron chi connectivity index (χ0n) is 15.7. The molecule has 3 rings (SSSR count). The van der Waals surface area contributed by atoms with E-state index in [-0.39, 0.29) is 24.3 Å². The first-order chi connectivity index (χ1) is 13.5. The maximum atomic E-state index is 13.1. The van der Waals surface area contributed by atoms with Gasteiger partial charge >= 0.3 is 5.97 Å². The molecule has 0 aliphatic carbocycles. The van der Waals surface area contributed by atoms with Crippen LogP contribution < -0.4 is 5.32 Å². The predicted octanol–water partition coefficient (Wildman–Crippen LogP) is 2.21. The van der Waals surface area contributed by atoms with Gasteiger partial charge in [-0.1, -0.05) is 55.5 Å². The fourth-order valence-electron chi connectivity index (χ4n) is 3.57. The molecule has 146 valence electrons. The number of amides is 2. The van der Waals surface area contributed by atoms with Gasteiger partial charge in [0.25, 0.3) is 5.91 Å². The van der Waals surface area contributed by atoms with Gasteiger partial charge in [-0.3, -0.25) is 14.4 Å². The van der Waals surface area contributed by atoms with Crippen LogP contribution >= 0.6 is 0 Å². The first-order valence-corrected chi connectivity index (χ1v) is 9.37. The van der Waals surface area contributed by atoms with E-state index in [0.717, 1.165) is 5.56 Å². The summed E-state index contributed by atoms with van der Waals surface area (Å²) in [7, 11) is 0. The zero-order valence-corrected chi connectivity index (χ0v) is 15.7. The van der Waals surface area contributed by atoms with E-state index in [4.69, 9.17) is 0 Å². The van der Waals surface area contributed by atoms with E-state index in [1.165, 1.54) is 0 Å². The molecule has 2 N–H and O–H groups in total.